The Morgan fingerprint density at radius 3 is 3.14 bits per heavy atom. The molecule has 2 rings (SSSR count). The number of hydrogen-bond acceptors (Lipinski definition) is 3. The van der Waals surface area contributed by atoms with Crippen LogP contribution in [-0.2, 0) is 4.79 Å². The number of nitrogens with one attached hydrogen (secondary N) is 2. The van der Waals surface area contributed by atoms with Gasteiger partial charge in [-0.2, -0.15) is 0 Å². The van der Waals surface area contributed by atoms with Crippen molar-refractivity contribution < 1.29 is 4.79 Å². The maximum absolute atomic E-state index is 11.5. The summed E-state index contributed by atoms with van der Waals surface area (Å²) < 4.78 is 0. The first-order valence-corrected chi connectivity index (χ1v) is 4.81. The molecule has 0 aliphatic heterocycles. The third kappa shape index (κ3) is 2.32. The van der Waals surface area contributed by atoms with Gasteiger partial charge in [-0.15, -0.1) is 0 Å². The minimum atomic E-state index is -0.410. The summed E-state index contributed by atoms with van der Waals surface area (Å²) >= 11 is 0. The molecule has 76 valence electrons. The van der Waals surface area contributed by atoms with Gasteiger partial charge in [0.15, 0.2) is 0 Å². The zero-order chi connectivity index (χ0) is 9.97. The van der Waals surface area contributed by atoms with E-state index >= 15 is 0 Å². The molecule has 1 saturated carbocycles. The van der Waals surface area contributed by atoms with Crippen LogP contribution in [0, 0.1) is 5.92 Å². The molecule has 0 saturated heterocycles. The molecule has 4 N–H and O–H groups in total. The van der Waals surface area contributed by atoms with Gasteiger partial charge in [-0.05, 0) is 12.3 Å². The Morgan fingerprint density at radius 2 is 2.57 bits per heavy atom. The molecule has 0 aromatic carbocycles. The molecule has 0 radical (unpaired) electrons. The maximum Gasteiger partial charge on any atom is 0.243 e. The van der Waals surface area contributed by atoms with Crippen LogP contribution < -0.4 is 11.1 Å². The largest absolute Gasteiger partial charge is 0.331 e. The van der Waals surface area contributed by atoms with Crippen molar-refractivity contribution in [1.82, 2.24) is 9.97 Å². The second kappa shape index (κ2) is 3.79. The van der Waals surface area contributed by atoms with Crippen LogP contribution in [0.15, 0.2) is 12.4 Å². The zero-order valence-electron chi connectivity index (χ0n) is 7.86. The molecule has 1 atom stereocenters. The lowest BCUT2D eigenvalue weighted by molar-refractivity contribution is -0.117. The molecule has 1 aromatic rings. The number of carbonyl (C=O) groups excluding carboxylic acids is 1. The zero-order valence-corrected chi connectivity index (χ0v) is 7.86. The van der Waals surface area contributed by atoms with Crippen molar-refractivity contribution in [2.24, 2.45) is 11.7 Å². The number of hydrogen-bond donors (Lipinski definition) is 3. The van der Waals surface area contributed by atoms with E-state index in [0.717, 1.165) is 6.42 Å². The van der Waals surface area contributed by atoms with Crippen molar-refractivity contribution in [3.05, 3.63) is 12.4 Å². The number of anilines is 1. The molecule has 14 heavy (non-hydrogen) atoms. The molecule has 0 bridgehead atoms. The van der Waals surface area contributed by atoms with E-state index in [0.29, 0.717) is 11.9 Å². The van der Waals surface area contributed by atoms with Crippen molar-refractivity contribution in [1.29, 1.82) is 0 Å². The van der Waals surface area contributed by atoms with Crippen LogP contribution in [0.4, 0.5) is 5.95 Å². The number of aromatic amines is 1. The van der Waals surface area contributed by atoms with E-state index in [1.165, 1.54) is 12.8 Å². The number of H-pyrrole nitrogens is 1. The smallest absolute Gasteiger partial charge is 0.243 e. The van der Waals surface area contributed by atoms with E-state index in [2.05, 4.69) is 15.3 Å². The summed E-state index contributed by atoms with van der Waals surface area (Å²) in [5.41, 5.74) is 5.72. The number of carbonyl (C=O) groups is 1. The molecule has 0 spiro atoms. The lowest BCUT2D eigenvalue weighted by atomic mass is 10.1. The lowest BCUT2D eigenvalue weighted by Gasteiger charge is -2.09. The normalized spacial score (nSPS) is 17.8. The van der Waals surface area contributed by atoms with E-state index in [1.807, 2.05) is 0 Å². The number of nitrogens with zero attached hydrogens (tertiary/aromatic N) is 1. The van der Waals surface area contributed by atoms with Crippen molar-refractivity contribution in [2.75, 3.05) is 5.32 Å². The molecule has 1 unspecified atom stereocenters. The molecule has 1 aliphatic rings. The number of imidazole rings is 1. The van der Waals surface area contributed by atoms with Gasteiger partial charge < -0.3 is 10.7 Å². The predicted octanol–water partition coefficient (Wildman–Crippen LogP) is 0.476. The highest BCUT2D eigenvalue weighted by Gasteiger charge is 2.27. The molecule has 1 aromatic heterocycles. The van der Waals surface area contributed by atoms with E-state index in [4.69, 9.17) is 5.73 Å². The van der Waals surface area contributed by atoms with Crippen LogP contribution in [0.2, 0.25) is 0 Å². The number of amides is 1. The number of aromatic nitrogens is 2. The topological polar surface area (TPSA) is 83.8 Å². The third-order valence-electron chi connectivity index (χ3n) is 2.36. The highest BCUT2D eigenvalue weighted by Crippen LogP contribution is 2.33. The molecule has 1 amide bonds. The summed E-state index contributed by atoms with van der Waals surface area (Å²) in [4.78, 5) is 18.2. The van der Waals surface area contributed by atoms with Gasteiger partial charge in [-0.3, -0.25) is 10.1 Å². The summed E-state index contributed by atoms with van der Waals surface area (Å²) in [5, 5.41) is 2.62. The third-order valence-corrected chi connectivity index (χ3v) is 2.36. The van der Waals surface area contributed by atoms with Gasteiger partial charge >= 0.3 is 0 Å². The Balaban J connectivity index is 1.81. The average molecular weight is 194 g/mol. The van der Waals surface area contributed by atoms with Gasteiger partial charge in [0.05, 0.1) is 6.04 Å². The second-order valence-electron chi connectivity index (χ2n) is 3.71. The fraction of sp³-hybridized carbons (Fsp3) is 0.556. The first-order valence-electron chi connectivity index (χ1n) is 4.81. The first-order chi connectivity index (χ1) is 6.75. The summed E-state index contributed by atoms with van der Waals surface area (Å²) in [6.45, 7) is 0. The van der Waals surface area contributed by atoms with Gasteiger partial charge in [0, 0.05) is 12.4 Å². The average Bonchev–Trinajstić information content (AvgIpc) is 2.81. The molecule has 1 heterocycles. The van der Waals surface area contributed by atoms with Crippen molar-refractivity contribution in [3.63, 3.8) is 0 Å². The molecular formula is C9H14N4O. The SMILES string of the molecule is NC(CC1CC1)C(=O)Nc1ncc[nH]1. The highest BCUT2D eigenvalue weighted by atomic mass is 16.2. The lowest BCUT2D eigenvalue weighted by Crippen LogP contribution is -2.36. The summed E-state index contributed by atoms with van der Waals surface area (Å²) in [6, 6.07) is -0.410. The number of rotatable bonds is 4. The summed E-state index contributed by atoms with van der Waals surface area (Å²) in [7, 11) is 0. The molecule has 5 nitrogen and oxygen atoms in total. The highest BCUT2D eigenvalue weighted by molar-refractivity contribution is 5.93. The Bertz CT molecular complexity index is 305. The van der Waals surface area contributed by atoms with E-state index in [9.17, 15) is 4.79 Å². The van der Waals surface area contributed by atoms with Crippen LogP contribution >= 0.6 is 0 Å². The minimum Gasteiger partial charge on any atom is -0.331 e. The van der Waals surface area contributed by atoms with E-state index < -0.39 is 6.04 Å². The van der Waals surface area contributed by atoms with Crippen molar-refractivity contribution in [3.8, 4) is 0 Å². The maximum atomic E-state index is 11.5. The van der Waals surface area contributed by atoms with Gasteiger partial charge in [0.25, 0.3) is 0 Å². The molecule has 5 heteroatoms. The van der Waals surface area contributed by atoms with Crippen LogP contribution in [0.25, 0.3) is 0 Å². The Labute approximate surface area is 82.1 Å². The Kier molecular flexibility index (Phi) is 2.49. The first kappa shape index (κ1) is 9.21. The fourth-order valence-electron chi connectivity index (χ4n) is 1.36. The predicted molar refractivity (Wildman–Crippen MR) is 52.5 cm³/mol. The Morgan fingerprint density at radius 1 is 1.79 bits per heavy atom. The van der Waals surface area contributed by atoms with Crippen molar-refractivity contribution in [2.45, 2.75) is 25.3 Å². The van der Waals surface area contributed by atoms with Crippen LogP contribution in [0.1, 0.15) is 19.3 Å². The Hall–Kier alpha value is -1.36. The van der Waals surface area contributed by atoms with Crippen molar-refractivity contribution >= 4 is 11.9 Å². The van der Waals surface area contributed by atoms with Crippen LogP contribution in [0.5, 0.6) is 0 Å². The molecular weight excluding hydrogens is 180 g/mol. The molecule has 1 aliphatic carbocycles. The van der Waals surface area contributed by atoms with E-state index in [1.54, 1.807) is 12.4 Å². The number of nitrogens with two attached hydrogens (primary N) is 1. The summed E-state index contributed by atoms with van der Waals surface area (Å²) in [6.07, 6.45) is 6.44. The van der Waals surface area contributed by atoms with Crippen LogP contribution in [0.3, 0.4) is 0 Å². The van der Waals surface area contributed by atoms with Crippen LogP contribution in [-0.4, -0.2) is 21.9 Å². The molecule has 1 fully saturated rings. The summed E-state index contributed by atoms with van der Waals surface area (Å²) in [5.74, 6) is 0.959. The fourth-order valence-corrected chi connectivity index (χ4v) is 1.36. The monoisotopic (exact) mass is 194 g/mol. The quantitative estimate of drug-likeness (QED) is 0.651. The standard InChI is InChI=1S/C9H14N4O/c10-7(5-6-1-2-6)8(14)13-9-11-3-4-12-9/h3-4,6-7H,1-2,5,10H2,(H2,11,12,13,14). The second-order valence-corrected chi connectivity index (χ2v) is 3.71. The van der Waals surface area contributed by atoms with E-state index in [-0.39, 0.29) is 5.91 Å². The van der Waals surface area contributed by atoms with Gasteiger partial charge in [-0.1, -0.05) is 12.8 Å². The van der Waals surface area contributed by atoms with Gasteiger partial charge in [-0.25, -0.2) is 4.98 Å². The van der Waals surface area contributed by atoms with Gasteiger partial charge in [0.1, 0.15) is 0 Å². The van der Waals surface area contributed by atoms with Gasteiger partial charge in [0.2, 0.25) is 11.9 Å². The minimum absolute atomic E-state index is 0.160.